The molecular weight excluding hydrogens is 388 g/mol. The van der Waals surface area contributed by atoms with Crippen molar-refractivity contribution in [2.75, 3.05) is 26.9 Å². The molecule has 31 heavy (non-hydrogen) atoms. The van der Waals surface area contributed by atoms with Crippen molar-refractivity contribution in [3.63, 3.8) is 0 Å². The monoisotopic (exact) mass is 442 g/mol. The number of unbranched alkanes of at least 4 members (excludes halogenated alkanes) is 15. The number of methoxy groups -OCH3 is 1. The quantitative estimate of drug-likeness (QED) is 0.160. The van der Waals surface area contributed by atoms with Crippen LogP contribution in [0.5, 0.6) is 0 Å². The van der Waals surface area contributed by atoms with Gasteiger partial charge in [-0.1, -0.05) is 110 Å². The molecule has 1 aliphatic heterocycles. The second-order valence-electron chi connectivity index (χ2n) is 9.94. The van der Waals surface area contributed by atoms with E-state index in [0.717, 1.165) is 6.42 Å². The fourth-order valence-electron chi connectivity index (χ4n) is 4.37. The predicted molar refractivity (Wildman–Crippen MR) is 131 cm³/mol. The first-order valence-electron chi connectivity index (χ1n) is 13.5. The van der Waals surface area contributed by atoms with E-state index in [1.807, 2.05) is 13.8 Å². The van der Waals surface area contributed by atoms with Gasteiger partial charge in [-0.2, -0.15) is 0 Å². The van der Waals surface area contributed by atoms with Crippen LogP contribution in [-0.4, -0.2) is 44.9 Å². The van der Waals surface area contributed by atoms with E-state index in [2.05, 4.69) is 6.92 Å². The highest BCUT2D eigenvalue weighted by molar-refractivity contribution is 4.70. The zero-order valence-corrected chi connectivity index (χ0v) is 21.4. The van der Waals surface area contributed by atoms with E-state index < -0.39 is 5.79 Å². The van der Waals surface area contributed by atoms with Crippen LogP contribution in [0, 0.1) is 0 Å². The highest BCUT2D eigenvalue weighted by atomic mass is 16.7. The lowest BCUT2D eigenvalue weighted by Gasteiger charge is -2.19. The first-order chi connectivity index (χ1) is 15.1. The predicted octanol–water partition coefficient (Wildman–Crippen LogP) is 7.82. The molecule has 0 amide bonds. The van der Waals surface area contributed by atoms with Gasteiger partial charge in [0, 0.05) is 7.11 Å². The standard InChI is InChI=1S/C27H54O4/c1-5-6-7-8-9-10-11-12-13-14-15-16-17-18-19-20-21-25(28-4)22-29-23-26-24-30-27(2,3)31-26/h25-26H,5-24H2,1-4H3. The molecule has 0 aromatic heterocycles. The molecule has 0 radical (unpaired) electrons. The normalized spacial score (nSPS) is 19.2. The number of hydrogen-bond acceptors (Lipinski definition) is 4. The van der Waals surface area contributed by atoms with E-state index >= 15 is 0 Å². The highest BCUT2D eigenvalue weighted by Gasteiger charge is 2.32. The largest absolute Gasteiger partial charge is 0.379 e. The average molecular weight is 443 g/mol. The van der Waals surface area contributed by atoms with Crippen molar-refractivity contribution in [3.05, 3.63) is 0 Å². The van der Waals surface area contributed by atoms with E-state index in [1.54, 1.807) is 7.11 Å². The molecule has 1 heterocycles. The molecule has 1 fully saturated rings. The third-order valence-corrected chi connectivity index (χ3v) is 6.39. The maximum absolute atomic E-state index is 5.81. The lowest BCUT2D eigenvalue weighted by Crippen LogP contribution is -2.26. The Morgan fingerprint density at radius 1 is 0.774 bits per heavy atom. The summed E-state index contributed by atoms with van der Waals surface area (Å²) in [6.07, 6.45) is 23.8. The van der Waals surface area contributed by atoms with Crippen LogP contribution in [-0.2, 0) is 18.9 Å². The Morgan fingerprint density at radius 3 is 1.68 bits per heavy atom. The van der Waals surface area contributed by atoms with E-state index in [9.17, 15) is 0 Å². The summed E-state index contributed by atoms with van der Waals surface area (Å²) in [4.78, 5) is 0. The van der Waals surface area contributed by atoms with E-state index in [4.69, 9.17) is 18.9 Å². The molecule has 0 spiro atoms. The van der Waals surface area contributed by atoms with Crippen molar-refractivity contribution < 1.29 is 18.9 Å². The van der Waals surface area contributed by atoms with Gasteiger partial charge < -0.3 is 18.9 Å². The Labute approximate surface area is 194 Å². The van der Waals surface area contributed by atoms with Crippen LogP contribution in [0.1, 0.15) is 130 Å². The first kappa shape index (κ1) is 28.9. The number of ether oxygens (including phenoxy) is 4. The zero-order valence-electron chi connectivity index (χ0n) is 21.4. The molecule has 0 aromatic carbocycles. The van der Waals surface area contributed by atoms with E-state index in [-0.39, 0.29) is 12.2 Å². The van der Waals surface area contributed by atoms with Crippen molar-refractivity contribution in [1.29, 1.82) is 0 Å². The molecule has 4 nitrogen and oxygen atoms in total. The Bertz CT molecular complexity index is 385. The molecular formula is C27H54O4. The van der Waals surface area contributed by atoms with Crippen molar-refractivity contribution in [2.24, 2.45) is 0 Å². The third-order valence-electron chi connectivity index (χ3n) is 6.39. The molecule has 186 valence electrons. The molecule has 2 atom stereocenters. The second-order valence-corrected chi connectivity index (χ2v) is 9.94. The van der Waals surface area contributed by atoms with Gasteiger partial charge in [0.15, 0.2) is 5.79 Å². The molecule has 1 rings (SSSR count). The Hall–Kier alpha value is -0.160. The Balaban J connectivity index is 1.80. The van der Waals surface area contributed by atoms with Crippen molar-refractivity contribution in [2.45, 2.75) is 148 Å². The smallest absolute Gasteiger partial charge is 0.163 e. The van der Waals surface area contributed by atoms with E-state index in [1.165, 1.54) is 103 Å². The summed E-state index contributed by atoms with van der Waals surface area (Å²) in [6.45, 7) is 8.03. The van der Waals surface area contributed by atoms with Gasteiger partial charge in [-0.05, 0) is 20.3 Å². The third kappa shape index (κ3) is 17.0. The van der Waals surface area contributed by atoms with Gasteiger partial charge in [0.05, 0.1) is 25.9 Å². The molecule has 0 bridgehead atoms. The van der Waals surface area contributed by atoms with Crippen LogP contribution in [0.25, 0.3) is 0 Å². The first-order valence-corrected chi connectivity index (χ1v) is 13.5. The minimum atomic E-state index is -0.470. The van der Waals surface area contributed by atoms with Crippen LogP contribution < -0.4 is 0 Å². The summed E-state index contributed by atoms with van der Waals surface area (Å²) in [5, 5.41) is 0. The molecule has 1 saturated heterocycles. The van der Waals surface area contributed by atoms with Gasteiger partial charge in [0.1, 0.15) is 6.10 Å². The van der Waals surface area contributed by atoms with Crippen molar-refractivity contribution in [3.8, 4) is 0 Å². The number of rotatable bonds is 22. The second kappa shape index (κ2) is 19.3. The van der Waals surface area contributed by atoms with Gasteiger partial charge in [-0.25, -0.2) is 0 Å². The molecule has 0 aliphatic carbocycles. The van der Waals surface area contributed by atoms with Gasteiger partial charge in [0.25, 0.3) is 0 Å². The fraction of sp³-hybridized carbons (Fsp3) is 1.00. The van der Waals surface area contributed by atoms with Gasteiger partial charge in [-0.15, -0.1) is 0 Å². The number of hydrogen-bond donors (Lipinski definition) is 0. The summed E-state index contributed by atoms with van der Waals surface area (Å²) < 4.78 is 22.7. The Kier molecular flexibility index (Phi) is 18.0. The van der Waals surface area contributed by atoms with Gasteiger partial charge in [0.2, 0.25) is 0 Å². The topological polar surface area (TPSA) is 36.9 Å². The minimum absolute atomic E-state index is 0.0445. The lowest BCUT2D eigenvalue weighted by molar-refractivity contribution is -0.146. The Morgan fingerprint density at radius 2 is 1.26 bits per heavy atom. The van der Waals surface area contributed by atoms with Crippen LogP contribution in [0.3, 0.4) is 0 Å². The summed E-state index contributed by atoms with van der Waals surface area (Å²) in [5.74, 6) is -0.470. The van der Waals surface area contributed by atoms with Crippen LogP contribution >= 0.6 is 0 Å². The minimum Gasteiger partial charge on any atom is -0.379 e. The molecule has 1 aliphatic rings. The van der Waals surface area contributed by atoms with Crippen LogP contribution in [0.2, 0.25) is 0 Å². The summed E-state index contributed by atoms with van der Waals surface area (Å²) >= 11 is 0. The van der Waals surface area contributed by atoms with Gasteiger partial charge in [-0.3, -0.25) is 0 Å². The molecule has 2 unspecified atom stereocenters. The van der Waals surface area contributed by atoms with E-state index in [0.29, 0.717) is 19.8 Å². The molecule has 4 heteroatoms. The molecule has 0 N–H and O–H groups in total. The molecule has 0 aromatic rings. The van der Waals surface area contributed by atoms with Crippen LogP contribution in [0.15, 0.2) is 0 Å². The fourth-order valence-corrected chi connectivity index (χ4v) is 4.37. The summed E-state index contributed by atoms with van der Waals surface area (Å²) in [5.41, 5.74) is 0. The maximum Gasteiger partial charge on any atom is 0.163 e. The van der Waals surface area contributed by atoms with Gasteiger partial charge >= 0.3 is 0 Å². The zero-order chi connectivity index (χ0) is 22.6. The molecule has 0 saturated carbocycles. The van der Waals surface area contributed by atoms with Crippen LogP contribution in [0.4, 0.5) is 0 Å². The average Bonchev–Trinajstić information content (AvgIpc) is 3.10. The summed E-state index contributed by atoms with van der Waals surface area (Å²) in [7, 11) is 1.79. The lowest BCUT2D eigenvalue weighted by atomic mass is 10.0. The SMILES string of the molecule is CCCCCCCCCCCCCCCCCCC(COCC1COC(C)(C)O1)OC. The summed E-state index contributed by atoms with van der Waals surface area (Å²) in [6, 6.07) is 0. The highest BCUT2D eigenvalue weighted by Crippen LogP contribution is 2.22. The van der Waals surface area contributed by atoms with Crippen molar-refractivity contribution >= 4 is 0 Å². The maximum atomic E-state index is 5.81. The van der Waals surface area contributed by atoms with Crippen molar-refractivity contribution in [1.82, 2.24) is 0 Å².